The van der Waals surface area contributed by atoms with Crippen molar-refractivity contribution in [2.75, 3.05) is 7.11 Å². The third-order valence-electron chi connectivity index (χ3n) is 1.47. The van der Waals surface area contributed by atoms with Crippen molar-refractivity contribution < 1.29 is 13.9 Å². The summed E-state index contributed by atoms with van der Waals surface area (Å²) in [6, 6.07) is 8.73. The molecule has 0 amide bonds. The van der Waals surface area contributed by atoms with E-state index in [4.69, 9.17) is 0 Å². The van der Waals surface area contributed by atoms with Crippen LogP contribution in [-0.2, 0) is 9.53 Å². The van der Waals surface area contributed by atoms with E-state index in [1.165, 1.54) is 0 Å². The topological polar surface area (TPSA) is 26.3 Å². The first-order valence-electron chi connectivity index (χ1n) is 3.74. The fourth-order valence-electron chi connectivity index (χ4n) is 0.852. The van der Waals surface area contributed by atoms with Crippen molar-refractivity contribution in [3.63, 3.8) is 0 Å². The lowest BCUT2D eigenvalue weighted by molar-refractivity contribution is -0.137. The van der Waals surface area contributed by atoms with Gasteiger partial charge in [-0.1, -0.05) is 30.3 Å². The van der Waals surface area contributed by atoms with Crippen LogP contribution in [0.1, 0.15) is 5.56 Å². The normalized spacial score (nSPS) is 11.1. The van der Waals surface area contributed by atoms with Crippen molar-refractivity contribution in [2.45, 2.75) is 0 Å². The monoisotopic (exact) mass is 180 g/mol. The number of esters is 1. The van der Waals surface area contributed by atoms with E-state index in [-0.39, 0.29) is 0 Å². The summed E-state index contributed by atoms with van der Waals surface area (Å²) in [5.74, 6) is -1.85. The third-order valence-corrected chi connectivity index (χ3v) is 1.47. The molecule has 0 atom stereocenters. The minimum atomic E-state index is -0.955. The lowest BCUT2D eigenvalue weighted by atomic mass is 10.2. The number of carbonyl (C=O) groups is 1. The van der Waals surface area contributed by atoms with Crippen molar-refractivity contribution in [1.82, 2.24) is 0 Å². The second kappa shape index (κ2) is 4.40. The molecule has 0 aliphatic carbocycles. The average Bonchev–Trinajstić information content (AvgIpc) is 2.18. The van der Waals surface area contributed by atoms with Crippen molar-refractivity contribution in [3.8, 4) is 0 Å². The Morgan fingerprint density at radius 1 is 1.38 bits per heavy atom. The van der Waals surface area contributed by atoms with Crippen LogP contribution in [0.2, 0.25) is 0 Å². The number of hydrogen-bond donors (Lipinski definition) is 0. The van der Waals surface area contributed by atoms with Gasteiger partial charge in [-0.15, -0.1) is 0 Å². The maximum Gasteiger partial charge on any atom is 0.366 e. The summed E-state index contributed by atoms with van der Waals surface area (Å²) in [5.41, 5.74) is 0.630. The van der Waals surface area contributed by atoms with Gasteiger partial charge in [-0.3, -0.25) is 0 Å². The Morgan fingerprint density at radius 3 is 2.54 bits per heavy atom. The Labute approximate surface area is 75.6 Å². The van der Waals surface area contributed by atoms with Gasteiger partial charge in [0.2, 0.25) is 5.83 Å². The fourth-order valence-corrected chi connectivity index (χ4v) is 0.852. The number of halogens is 1. The predicted molar refractivity (Wildman–Crippen MR) is 47.5 cm³/mol. The summed E-state index contributed by atoms with van der Waals surface area (Å²) in [6.45, 7) is 0. The first-order chi connectivity index (χ1) is 6.24. The largest absolute Gasteiger partial charge is 0.464 e. The number of hydrogen-bond acceptors (Lipinski definition) is 2. The van der Waals surface area contributed by atoms with Gasteiger partial charge in [0, 0.05) is 0 Å². The number of methoxy groups -OCH3 is 1. The molecule has 0 heterocycles. The zero-order valence-electron chi connectivity index (χ0n) is 7.16. The first kappa shape index (κ1) is 9.45. The number of benzene rings is 1. The molecular formula is C10H9FO2. The molecule has 0 fully saturated rings. The lowest BCUT2D eigenvalue weighted by Gasteiger charge is -1.95. The fraction of sp³-hybridized carbons (Fsp3) is 0.100. The van der Waals surface area contributed by atoms with E-state index in [0.717, 1.165) is 13.2 Å². The second-order valence-corrected chi connectivity index (χ2v) is 2.39. The van der Waals surface area contributed by atoms with Gasteiger partial charge in [0.05, 0.1) is 7.11 Å². The van der Waals surface area contributed by atoms with Gasteiger partial charge in [-0.05, 0) is 11.6 Å². The Morgan fingerprint density at radius 2 is 2.00 bits per heavy atom. The Bertz CT molecular complexity index is 317. The molecule has 0 aliphatic rings. The highest BCUT2D eigenvalue weighted by Gasteiger charge is 2.06. The predicted octanol–water partition coefficient (Wildman–Crippen LogP) is 2.17. The van der Waals surface area contributed by atoms with Crippen LogP contribution in [0.15, 0.2) is 36.2 Å². The molecule has 1 aromatic carbocycles. The molecule has 0 bridgehead atoms. The molecule has 1 aromatic rings. The maximum absolute atomic E-state index is 12.9. The Hall–Kier alpha value is -1.64. The van der Waals surface area contributed by atoms with Crippen molar-refractivity contribution in [1.29, 1.82) is 0 Å². The quantitative estimate of drug-likeness (QED) is 0.515. The first-order valence-corrected chi connectivity index (χ1v) is 3.74. The molecule has 0 spiro atoms. The van der Waals surface area contributed by atoms with E-state index in [1.54, 1.807) is 24.3 Å². The molecule has 0 aliphatic heterocycles. The molecule has 3 heteroatoms. The zero-order chi connectivity index (χ0) is 9.68. The number of ether oxygens (including phenoxy) is 1. The summed E-state index contributed by atoms with van der Waals surface area (Å²) in [5, 5.41) is 0. The molecule has 68 valence electrons. The van der Waals surface area contributed by atoms with Crippen LogP contribution in [-0.4, -0.2) is 13.1 Å². The standard InChI is InChI=1S/C10H9FO2/c1-13-10(12)9(11)7-8-5-3-2-4-6-8/h2-7H,1H3. The SMILES string of the molecule is COC(=O)C(F)=Cc1ccccc1. The lowest BCUT2D eigenvalue weighted by Crippen LogP contribution is -1.99. The molecule has 0 N–H and O–H groups in total. The van der Waals surface area contributed by atoms with Gasteiger partial charge >= 0.3 is 5.97 Å². The van der Waals surface area contributed by atoms with Crippen LogP contribution in [0, 0.1) is 0 Å². The highest BCUT2D eigenvalue weighted by molar-refractivity contribution is 5.91. The summed E-state index contributed by atoms with van der Waals surface area (Å²) >= 11 is 0. The van der Waals surface area contributed by atoms with Crippen LogP contribution in [0.5, 0.6) is 0 Å². The minimum absolute atomic E-state index is 0.630. The molecule has 1 rings (SSSR count). The molecule has 0 radical (unpaired) electrons. The van der Waals surface area contributed by atoms with E-state index in [9.17, 15) is 9.18 Å². The van der Waals surface area contributed by atoms with E-state index >= 15 is 0 Å². The van der Waals surface area contributed by atoms with Gasteiger partial charge in [-0.25, -0.2) is 4.79 Å². The van der Waals surface area contributed by atoms with Crippen molar-refractivity contribution >= 4 is 12.0 Å². The summed E-state index contributed by atoms with van der Waals surface area (Å²) in [4.78, 5) is 10.7. The minimum Gasteiger partial charge on any atom is -0.464 e. The summed E-state index contributed by atoms with van der Waals surface area (Å²) in [7, 11) is 1.14. The Balaban J connectivity index is 2.83. The van der Waals surface area contributed by atoms with Gasteiger partial charge in [0.25, 0.3) is 0 Å². The van der Waals surface area contributed by atoms with Crippen molar-refractivity contribution in [2.24, 2.45) is 0 Å². The van der Waals surface area contributed by atoms with Crippen molar-refractivity contribution in [3.05, 3.63) is 41.7 Å². The van der Waals surface area contributed by atoms with Crippen LogP contribution >= 0.6 is 0 Å². The van der Waals surface area contributed by atoms with Crippen LogP contribution in [0.3, 0.4) is 0 Å². The van der Waals surface area contributed by atoms with Crippen LogP contribution in [0.25, 0.3) is 6.08 Å². The van der Waals surface area contributed by atoms with E-state index < -0.39 is 11.8 Å². The maximum atomic E-state index is 12.9. The molecule has 2 nitrogen and oxygen atoms in total. The van der Waals surface area contributed by atoms with E-state index in [2.05, 4.69) is 4.74 Å². The van der Waals surface area contributed by atoms with Gasteiger partial charge < -0.3 is 4.74 Å². The smallest absolute Gasteiger partial charge is 0.366 e. The molecule has 0 saturated carbocycles. The van der Waals surface area contributed by atoms with Crippen LogP contribution < -0.4 is 0 Å². The zero-order valence-corrected chi connectivity index (χ0v) is 7.16. The number of carbonyl (C=O) groups excluding carboxylic acids is 1. The highest BCUT2D eigenvalue weighted by Crippen LogP contribution is 2.08. The summed E-state index contributed by atoms with van der Waals surface area (Å²) in [6.07, 6.45) is 1.13. The van der Waals surface area contributed by atoms with Gasteiger partial charge in [-0.2, -0.15) is 4.39 Å². The van der Waals surface area contributed by atoms with E-state index in [1.807, 2.05) is 6.07 Å². The molecule has 0 aromatic heterocycles. The second-order valence-electron chi connectivity index (χ2n) is 2.39. The van der Waals surface area contributed by atoms with Gasteiger partial charge in [0.15, 0.2) is 0 Å². The average molecular weight is 180 g/mol. The molecule has 13 heavy (non-hydrogen) atoms. The van der Waals surface area contributed by atoms with E-state index in [0.29, 0.717) is 5.56 Å². The Kier molecular flexibility index (Phi) is 3.20. The van der Waals surface area contributed by atoms with Crippen LogP contribution in [0.4, 0.5) is 4.39 Å². The third kappa shape index (κ3) is 2.71. The molecule has 0 unspecified atom stereocenters. The summed E-state index contributed by atoms with van der Waals surface area (Å²) < 4.78 is 17.1. The highest BCUT2D eigenvalue weighted by atomic mass is 19.1. The molecule has 0 saturated heterocycles. The van der Waals surface area contributed by atoms with Gasteiger partial charge in [0.1, 0.15) is 0 Å². The number of rotatable bonds is 2. The molecular weight excluding hydrogens is 171 g/mol.